The van der Waals surface area contributed by atoms with Crippen LogP contribution in [0, 0.1) is 51.2 Å². The third-order valence-corrected chi connectivity index (χ3v) is 15.2. The summed E-state index contributed by atoms with van der Waals surface area (Å²) in [5.74, 6) is 3.70. The topological polar surface area (TPSA) is 91.1 Å². The average Bonchev–Trinajstić information content (AvgIpc) is 3.89. The molecular weight excluding hydrogens is 540 g/mol. The van der Waals surface area contributed by atoms with Crippen molar-refractivity contribution in [2.75, 3.05) is 19.7 Å². The molecule has 2 heterocycles. The first-order valence-corrected chi connectivity index (χ1v) is 18.0. The van der Waals surface area contributed by atoms with Crippen LogP contribution in [-0.4, -0.2) is 61.0 Å². The lowest BCUT2D eigenvalue weighted by atomic mass is 9.46. The van der Waals surface area contributed by atoms with Gasteiger partial charge in [-0.1, -0.05) is 20.8 Å². The van der Waals surface area contributed by atoms with E-state index in [0.29, 0.717) is 78.5 Å². The maximum absolute atomic E-state index is 12.8. The highest BCUT2D eigenvalue weighted by Crippen LogP contribution is 2.87. The van der Waals surface area contributed by atoms with E-state index in [1.165, 1.54) is 64.2 Å². The van der Waals surface area contributed by atoms with Crippen molar-refractivity contribution < 1.29 is 23.8 Å². The molecule has 6 aliphatic carbocycles. The zero-order valence-electron chi connectivity index (χ0n) is 27.0. The number of hydrogen-bond acceptors (Lipinski definition) is 5. The number of morpholine rings is 1. The smallest absolute Gasteiger partial charge is 0.223 e. The molecule has 8 fully saturated rings. The number of nitrogens with zero attached hydrogens (tertiary/aromatic N) is 1. The normalized spacial score (nSPS) is 49.6. The van der Waals surface area contributed by atoms with Crippen LogP contribution in [0.1, 0.15) is 117 Å². The van der Waals surface area contributed by atoms with Gasteiger partial charge in [0.25, 0.3) is 0 Å². The van der Waals surface area contributed by atoms with E-state index in [-0.39, 0.29) is 29.8 Å². The number of ether oxygens (including phenoxy) is 3. The molecule has 0 aromatic rings. The number of amides is 2. The van der Waals surface area contributed by atoms with Crippen molar-refractivity contribution in [3.05, 3.63) is 0 Å². The zero-order chi connectivity index (χ0) is 29.8. The van der Waals surface area contributed by atoms with Crippen LogP contribution in [0.3, 0.4) is 0 Å². The molecule has 7 heteroatoms. The quantitative estimate of drug-likeness (QED) is 0.400. The number of nitrogens with two attached hydrogens (primary N) is 1. The fourth-order valence-electron chi connectivity index (χ4n) is 12.9. The molecule has 240 valence electrons. The van der Waals surface area contributed by atoms with Gasteiger partial charge in [0, 0.05) is 19.4 Å². The molecule has 8 aliphatic rings. The Labute approximate surface area is 258 Å². The monoisotopic (exact) mass is 596 g/mol. The third-order valence-electron chi connectivity index (χ3n) is 15.2. The summed E-state index contributed by atoms with van der Waals surface area (Å²) in [4.78, 5) is 26.2. The Balaban J connectivity index is 0.943. The third kappa shape index (κ3) is 4.51. The van der Waals surface area contributed by atoms with E-state index in [1.54, 1.807) is 0 Å². The summed E-state index contributed by atoms with van der Waals surface area (Å²) in [6.07, 6.45) is 17.7. The Morgan fingerprint density at radius 3 is 2.53 bits per heavy atom. The lowest BCUT2D eigenvalue weighted by Gasteiger charge is -2.60. The first-order chi connectivity index (χ1) is 20.6. The minimum Gasteiger partial charge on any atom is -0.375 e. The molecule has 9 unspecified atom stereocenters. The first-order valence-electron chi connectivity index (χ1n) is 18.0. The second kappa shape index (κ2) is 10.2. The number of carbonyl (C=O) groups is 2. The van der Waals surface area contributed by atoms with Gasteiger partial charge in [0.15, 0.2) is 6.29 Å². The van der Waals surface area contributed by atoms with Crippen LogP contribution in [0.4, 0.5) is 0 Å². The lowest BCUT2D eigenvalue weighted by molar-refractivity contribution is -0.244. The molecule has 2 spiro atoms. The predicted octanol–water partition coefficient (Wildman–Crippen LogP) is 5.83. The van der Waals surface area contributed by atoms with Gasteiger partial charge < -0.3 is 24.8 Å². The molecule has 8 rings (SSSR count). The molecule has 7 nitrogen and oxygen atoms in total. The number of carbonyl (C=O) groups excluding carboxylic acids is 2. The van der Waals surface area contributed by atoms with Gasteiger partial charge in [-0.25, -0.2) is 0 Å². The molecule has 2 N–H and O–H groups in total. The summed E-state index contributed by atoms with van der Waals surface area (Å²) in [6, 6.07) is 0. The van der Waals surface area contributed by atoms with E-state index in [9.17, 15) is 9.59 Å². The second-order valence-corrected chi connectivity index (χ2v) is 17.3. The fourth-order valence-corrected chi connectivity index (χ4v) is 12.9. The average molecular weight is 597 g/mol. The summed E-state index contributed by atoms with van der Waals surface area (Å²) in [6.45, 7) is 9.49. The highest BCUT2D eigenvalue weighted by atomic mass is 16.7. The van der Waals surface area contributed by atoms with Gasteiger partial charge in [0.05, 0.1) is 31.5 Å². The molecule has 0 bridgehead atoms. The Hall–Kier alpha value is -1.18. The Bertz CT molecular complexity index is 1140. The van der Waals surface area contributed by atoms with Crippen LogP contribution in [0.2, 0.25) is 0 Å². The molecule has 11 atom stereocenters. The van der Waals surface area contributed by atoms with Gasteiger partial charge in [-0.2, -0.15) is 0 Å². The van der Waals surface area contributed by atoms with Crippen molar-refractivity contribution in [3.63, 3.8) is 0 Å². The van der Waals surface area contributed by atoms with E-state index < -0.39 is 0 Å². The van der Waals surface area contributed by atoms with Gasteiger partial charge >= 0.3 is 0 Å². The molecule has 2 amide bonds. The largest absolute Gasteiger partial charge is 0.375 e. The van der Waals surface area contributed by atoms with Crippen molar-refractivity contribution >= 4 is 11.8 Å². The van der Waals surface area contributed by atoms with E-state index >= 15 is 0 Å². The van der Waals surface area contributed by atoms with Crippen molar-refractivity contribution in [1.82, 2.24) is 4.90 Å². The summed E-state index contributed by atoms with van der Waals surface area (Å²) in [5, 5.41) is 0. The highest BCUT2D eigenvalue weighted by Gasteiger charge is 2.80. The molecule has 6 saturated carbocycles. The van der Waals surface area contributed by atoms with Gasteiger partial charge in [-0.15, -0.1) is 0 Å². The standard InChI is InChI=1S/C36H56N2O5/c1-33(2)28-10-9-24-26-19-27-25(8-6-23(42-27)7-11-30(37)39)34(26,3)14-15-35(24)21-36(28,35)13-12-29(33)43-32-20-38(16-17-41-32)31(40)18-22-4-5-22/h22-29,32H,4-21H2,1-3H3,(H2,37,39)/t23?,24?,25?,26?,27?,28?,29-,32?,34?,35-,36?/m0/s1. The molecule has 0 aromatic heterocycles. The minimum atomic E-state index is -0.288. The zero-order valence-corrected chi connectivity index (χ0v) is 27.0. The van der Waals surface area contributed by atoms with Crippen molar-refractivity contribution in [3.8, 4) is 0 Å². The van der Waals surface area contributed by atoms with Gasteiger partial charge in [0.1, 0.15) is 0 Å². The minimum absolute atomic E-state index is 0.109. The maximum Gasteiger partial charge on any atom is 0.223 e. The van der Waals surface area contributed by atoms with Gasteiger partial charge in [0.2, 0.25) is 11.8 Å². The van der Waals surface area contributed by atoms with Crippen LogP contribution < -0.4 is 5.73 Å². The highest BCUT2D eigenvalue weighted by molar-refractivity contribution is 5.76. The number of primary amides is 1. The van der Waals surface area contributed by atoms with Crippen LogP contribution in [-0.2, 0) is 23.8 Å². The van der Waals surface area contributed by atoms with E-state index in [1.807, 2.05) is 4.90 Å². The number of rotatable bonds is 7. The van der Waals surface area contributed by atoms with E-state index in [4.69, 9.17) is 19.9 Å². The Morgan fingerprint density at radius 1 is 0.930 bits per heavy atom. The van der Waals surface area contributed by atoms with Crippen molar-refractivity contribution in [2.24, 2.45) is 57.0 Å². The number of fused-ring (bicyclic) bond motifs is 4. The molecule has 2 aliphatic heterocycles. The lowest BCUT2D eigenvalue weighted by Crippen LogP contribution is -2.56. The first kappa shape index (κ1) is 29.2. The summed E-state index contributed by atoms with van der Waals surface area (Å²) < 4.78 is 19.7. The summed E-state index contributed by atoms with van der Waals surface area (Å²) >= 11 is 0. The van der Waals surface area contributed by atoms with E-state index in [2.05, 4.69) is 20.8 Å². The van der Waals surface area contributed by atoms with Crippen molar-refractivity contribution in [1.29, 1.82) is 0 Å². The van der Waals surface area contributed by atoms with Crippen LogP contribution in [0.15, 0.2) is 0 Å². The maximum atomic E-state index is 12.8. The van der Waals surface area contributed by atoms with Crippen LogP contribution in [0.5, 0.6) is 0 Å². The van der Waals surface area contributed by atoms with Gasteiger partial charge in [-0.3, -0.25) is 9.59 Å². The molecule has 43 heavy (non-hydrogen) atoms. The van der Waals surface area contributed by atoms with Crippen molar-refractivity contribution in [2.45, 2.75) is 142 Å². The molecule has 0 aromatic carbocycles. The molecular formula is C36H56N2O5. The molecule has 0 radical (unpaired) electrons. The predicted molar refractivity (Wildman–Crippen MR) is 163 cm³/mol. The second-order valence-electron chi connectivity index (χ2n) is 17.3. The molecule has 2 saturated heterocycles. The number of hydrogen-bond donors (Lipinski definition) is 1. The Morgan fingerprint density at radius 2 is 1.74 bits per heavy atom. The van der Waals surface area contributed by atoms with Crippen LogP contribution in [0.25, 0.3) is 0 Å². The van der Waals surface area contributed by atoms with E-state index in [0.717, 1.165) is 31.1 Å². The van der Waals surface area contributed by atoms with Crippen LogP contribution >= 0.6 is 0 Å². The summed E-state index contributed by atoms with van der Waals surface area (Å²) in [5.41, 5.74) is 6.98. The fraction of sp³-hybridized carbons (Fsp3) is 0.944. The Kier molecular flexibility index (Phi) is 6.91. The SMILES string of the molecule is CC12CC[C@@]34CC35CC[C@H](OC3CN(C(=O)CC6CC6)CCO3)C(C)(C)C5CCC4C1CC1OC(CCC(N)=O)CCC12. The van der Waals surface area contributed by atoms with Gasteiger partial charge in [-0.05, 0) is 135 Å². The summed E-state index contributed by atoms with van der Waals surface area (Å²) in [7, 11) is 0.